The molecule has 2 heterocycles. The van der Waals surface area contributed by atoms with Crippen molar-refractivity contribution >= 4 is 0 Å². The fourth-order valence-corrected chi connectivity index (χ4v) is 1.22. The van der Waals surface area contributed by atoms with E-state index in [2.05, 4.69) is 20.5 Å². The molecule has 0 aliphatic heterocycles. The van der Waals surface area contributed by atoms with Crippen molar-refractivity contribution in [2.45, 2.75) is 32.9 Å². The Morgan fingerprint density at radius 1 is 1.50 bits per heavy atom. The molecule has 0 fully saturated rings. The van der Waals surface area contributed by atoms with E-state index in [-0.39, 0.29) is 5.92 Å². The predicted molar refractivity (Wildman–Crippen MR) is 55.4 cm³/mol. The molecule has 0 aromatic carbocycles. The standard InChI is InChI=1S/C9H14N6O/c1-6(2)9-11-8(13-16-9)5-15-4-7(3-10)12-14-15/h4,6H,3,5,10H2,1-2H3. The quantitative estimate of drug-likeness (QED) is 0.798. The molecule has 0 amide bonds. The molecule has 2 rings (SSSR count). The van der Waals surface area contributed by atoms with Crippen LogP contribution in [0.25, 0.3) is 0 Å². The van der Waals surface area contributed by atoms with Crippen LogP contribution in [0, 0.1) is 0 Å². The van der Waals surface area contributed by atoms with Crippen LogP contribution in [0.4, 0.5) is 0 Å². The summed E-state index contributed by atoms with van der Waals surface area (Å²) >= 11 is 0. The Hall–Kier alpha value is -1.76. The fourth-order valence-electron chi connectivity index (χ4n) is 1.22. The smallest absolute Gasteiger partial charge is 0.229 e. The highest BCUT2D eigenvalue weighted by molar-refractivity contribution is 4.94. The van der Waals surface area contributed by atoms with Gasteiger partial charge in [0.25, 0.3) is 0 Å². The lowest BCUT2D eigenvalue weighted by Gasteiger charge is -1.93. The van der Waals surface area contributed by atoms with E-state index >= 15 is 0 Å². The van der Waals surface area contributed by atoms with E-state index in [4.69, 9.17) is 10.3 Å². The lowest BCUT2D eigenvalue weighted by atomic mass is 10.2. The summed E-state index contributed by atoms with van der Waals surface area (Å²) in [6.07, 6.45) is 1.77. The van der Waals surface area contributed by atoms with Crippen molar-refractivity contribution < 1.29 is 4.52 Å². The summed E-state index contributed by atoms with van der Waals surface area (Å²) in [7, 11) is 0. The Balaban J connectivity index is 2.08. The molecule has 0 saturated heterocycles. The minimum Gasteiger partial charge on any atom is -0.339 e. The minimum absolute atomic E-state index is 0.233. The topological polar surface area (TPSA) is 95.7 Å². The number of aromatic nitrogens is 5. The normalized spacial score (nSPS) is 11.2. The molecular formula is C9H14N6O. The molecule has 0 unspecified atom stereocenters. The average molecular weight is 222 g/mol. The summed E-state index contributed by atoms with van der Waals surface area (Å²) in [6, 6.07) is 0. The van der Waals surface area contributed by atoms with E-state index in [1.165, 1.54) is 0 Å². The van der Waals surface area contributed by atoms with Crippen LogP contribution in [0.5, 0.6) is 0 Å². The summed E-state index contributed by atoms with van der Waals surface area (Å²) < 4.78 is 6.72. The zero-order valence-electron chi connectivity index (χ0n) is 9.29. The first-order chi connectivity index (χ1) is 7.69. The molecule has 7 nitrogen and oxygen atoms in total. The van der Waals surface area contributed by atoms with Gasteiger partial charge in [0.05, 0.1) is 11.9 Å². The molecule has 0 spiro atoms. The molecule has 86 valence electrons. The monoisotopic (exact) mass is 222 g/mol. The molecule has 2 aromatic heterocycles. The van der Waals surface area contributed by atoms with Crippen molar-refractivity contribution in [2.75, 3.05) is 0 Å². The summed E-state index contributed by atoms with van der Waals surface area (Å²) in [4.78, 5) is 4.24. The first kappa shape index (κ1) is 10.7. The molecule has 2 N–H and O–H groups in total. The van der Waals surface area contributed by atoms with Crippen molar-refractivity contribution in [3.8, 4) is 0 Å². The number of rotatable bonds is 4. The van der Waals surface area contributed by atoms with Crippen LogP contribution in [0.3, 0.4) is 0 Å². The number of nitrogens with two attached hydrogens (primary N) is 1. The minimum atomic E-state index is 0.233. The molecule has 2 aromatic rings. The Kier molecular flexibility index (Phi) is 2.95. The molecular weight excluding hydrogens is 208 g/mol. The Morgan fingerprint density at radius 3 is 2.88 bits per heavy atom. The van der Waals surface area contributed by atoms with Crippen molar-refractivity contribution in [3.05, 3.63) is 23.6 Å². The zero-order chi connectivity index (χ0) is 11.5. The van der Waals surface area contributed by atoms with Gasteiger partial charge in [0.1, 0.15) is 6.54 Å². The van der Waals surface area contributed by atoms with Crippen molar-refractivity contribution in [1.82, 2.24) is 25.1 Å². The molecule has 0 aliphatic carbocycles. The van der Waals surface area contributed by atoms with Gasteiger partial charge in [0.2, 0.25) is 5.89 Å². The van der Waals surface area contributed by atoms with Crippen LogP contribution in [0.15, 0.2) is 10.7 Å². The number of hydrogen-bond acceptors (Lipinski definition) is 6. The van der Waals surface area contributed by atoms with Gasteiger partial charge >= 0.3 is 0 Å². The van der Waals surface area contributed by atoms with Crippen LogP contribution in [0.2, 0.25) is 0 Å². The molecule has 16 heavy (non-hydrogen) atoms. The van der Waals surface area contributed by atoms with E-state index in [1.807, 2.05) is 13.8 Å². The summed E-state index contributed by atoms with van der Waals surface area (Å²) in [5.74, 6) is 1.46. The Bertz CT molecular complexity index is 460. The lowest BCUT2D eigenvalue weighted by Crippen LogP contribution is -2.02. The van der Waals surface area contributed by atoms with Crippen LogP contribution in [-0.4, -0.2) is 25.1 Å². The first-order valence-electron chi connectivity index (χ1n) is 5.10. The highest BCUT2D eigenvalue weighted by Gasteiger charge is 2.10. The Morgan fingerprint density at radius 2 is 2.31 bits per heavy atom. The SMILES string of the molecule is CC(C)c1nc(Cn2cc(CN)nn2)no1. The first-order valence-corrected chi connectivity index (χ1v) is 5.10. The molecule has 7 heteroatoms. The molecule has 0 atom stereocenters. The highest BCUT2D eigenvalue weighted by atomic mass is 16.5. The van der Waals surface area contributed by atoms with Gasteiger partial charge in [0, 0.05) is 12.5 Å². The summed E-state index contributed by atoms with van der Waals surface area (Å²) in [5.41, 5.74) is 6.18. The largest absolute Gasteiger partial charge is 0.339 e. The van der Waals surface area contributed by atoms with E-state index in [1.54, 1.807) is 10.9 Å². The van der Waals surface area contributed by atoms with Crippen LogP contribution >= 0.6 is 0 Å². The van der Waals surface area contributed by atoms with Gasteiger partial charge in [-0.2, -0.15) is 4.98 Å². The Labute approximate surface area is 92.6 Å². The van der Waals surface area contributed by atoms with E-state index in [9.17, 15) is 0 Å². The third-order valence-corrected chi connectivity index (χ3v) is 2.08. The number of hydrogen-bond donors (Lipinski definition) is 1. The lowest BCUT2D eigenvalue weighted by molar-refractivity contribution is 0.359. The van der Waals surface area contributed by atoms with Gasteiger partial charge in [-0.15, -0.1) is 5.10 Å². The predicted octanol–water partition coefficient (Wildman–Crippen LogP) is 0.291. The van der Waals surface area contributed by atoms with Crippen molar-refractivity contribution in [2.24, 2.45) is 5.73 Å². The van der Waals surface area contributed by atoms with Crippen LogP contribution in [-0.2, 0) is 13.1 Å². The van der Waals surface area contributed by atoms with Gasteiger partial charge in [0.15, 0.2) is 5.82 Å². The van der Waals surface area contributed by atoms with Crippen LogP contribution in [0.1, 0.15) is 37.2 Å². The van der Waals surface area contributed by atoms with Crippen LogP contribution < -0.4 is 5.73 Å². The van der Waals surface area contributed by atoms with E-state index in [0.29, 0.717) is 24.8 Å². The van der Waals surface area contributed by atoms with Gasteiger partial charge in [-0.05, 0) is 0 Å². The maximum Gasteiger partial charge on any atom is 0.229 e. The van der Waals surface area contributed by atoms with Gasteiger partial charge in [-0.1, -0.05) is 24.2 Å². The third-order valence-electron chi connectivity index (χ3n) is 2.08. The van der Waals surface area contributed by atoms with Gasteiger partial charge < -0.3 is 10.3 Å². The summed E-state index contributed by atoms with van der Waals surface area (Å²) in [6.45, 7) is 4.82. The highest BCUT2D eigenvalue weighted by Crippen LogP contribution is 2.11. The molecule has 0 aliphatic rings. The van der Waals surface area contributed by atoms with Crippen molar-refractivity contribution in [3.63, 3.8) is 0 Å². The number of nitrogens with zero attached hydrogens (tertiary/aromatic N) is 5. The molecule has 0 radical (unpaired) electrons. The second kappa shape index (κ2) is 4.40. The second-order valence-electron chi connectivity index (χ2n) is 3.82. The molecule has 0 bridgehead atoms. The molecule has 0 saturated carbocycles. The maximum absolute atomic E-state index is 5.43. The third kappa shape index (κ3) is 2.25. The van der Waals surface area contributed by atoms with Gasteiger partial charge in [-0.25, -0.2) is 4.68 Å². The fraction of sp³-hybridized carbons (Fsp3) is 0.556. The maximum atomic E-state index is 5.43. The van der Waals surface area contributed by atoms with Crippen molar-refractivity contribution in [1.29, 1.82) is 0 Å². The average Bonchev–Trinajstić information content (AvgIpc) is 2.87. The second-order valence-corrected chi connectivity index (χ2v) is 3.82. The zero-order valence-corrected chi connectivity index (χ0v) is 9.29. The van der Waals surface area contributed by atoms with E-state index < -0.39 is 0 Å². The summed E-state index contributed by atoms with van der Waals surface area (Å²) in [5, 5.41) is 11.6. The van der Waals surface area contributed by atoms with Gasteiger partial charge in [-0.3, -0.25) is 0 Å². The van der Waals surface area contributed by atoms with E-state index in [0.717, 1.165) is 5.69 Å².